The molecule has 5 aromatic rings. The number of nitrogens with one attached hydrogen (secondary N) is 1. The Hall–Kier alpha value is -5.12. The molecule has 5 aromatic carbocycles. The van der Waals surface area contributed by atoms with E-state index >= 15 is 0 Å². The number of hydrogen-bond donors (Lipinski definition) is 1. The maximum Gasteiger partial charge on any atom is 0.273 e. The smallest absolute Gasteiger partial charge is 0.273 e. The lowest BCUT2D eigenvalue weighted by molar-refractivity contribution is 0.0955. The number of para-hydroxylation sites is 1. The second-order valence-corrected chi connectivity index (χ2v) is 12.2. The summed E-state index contributed by atoms with van der Waals surface area (Å²) in [4.78, 5) is 13.4. The Bertz CT molecular complexity index is 1860. The highest BCUT2D eigenvalue weighted by Gasteiger charge is 2.28. The molecule has 0 aliphatic carbocycles. The molecular formula is C35H30ClN3O5S. The van der Waals surface area contributed by atoms with Gasteiger partial charge in [-0.15, -0.1) is 0 Å². The first-order valence-corrected chi connectivity index (χ1v) is 15.8. The number of anilines is 1. The summed E-state index contributed by atoms with van der Waals surface area (Å²) in [5.41, 5.74) is 5.37. The molecule has 0 radical (unpaired) electrons. The van der Waals surface area contributed by atoms with E-state index in [1.807, 2.05) is 66.7 Å². The summed E-state index contributed by atoms with van der Waals surface area (Å²) >= 11 is 5.93. The monoisotopic (exact) mass is 639 g/mol. The standard InChI is InChI=1S/C35H30ClN3O5S/c1-43-30-19-21-32(22-20-30)45(41,42)39(24-27-7-3-2-4-8-27)34-10-6-5-9-33(34)35(40)38-37-23-26-13-17-31(18-14-26)44-25-28-11-15-29(36)16-12-28/h2-23H,24-25H2,1H3,(H,38,40)/b37-23+. The van der Waals surface area contributed by atoms with E-state index in [0.717, 1.165) is 16.7 Å². The van der Waals surface area contributed by atoms with Gasteiger partial charge in [-0.2, -0.15) is 5.10 Å². The lowest BCUT2D eigenvalue weighted by Crippen LogP contribution is -2.33. The summed E-state index contributed by atoms with van der Waals surface area (Å²) in [6, 6.07) is 36.5. The van der Waals surface area contributed by atoms with Crippen molar-refractivity contribution in [1.29, 1.82) is 0 Å². The lowest BCUT2D eigenvalue weighted by atomic mass is 10.1. The zero-order chi connectivity index (χ0) is 31.6. The molecule has 1 N–H and O–H groups in total. The molecule has 0 fully saturated rings. The van der Waals surface area contributed by atoms with Gasteiger partial charge in [-0.3, -0.25) is 9.10 Å². The number of hydrazone groups is 1. The van der Waals surface area contributed by atoms with Gasteiger partial charge >= 0.3 is 0 Å². The minimum absolute atomic E-state index is 0.00913. The van der Waals surface area contributed by atoms with Gasteiger partial charge < -0.3 is 9.47 Å². The quantitative estimate of drug-likeness (QED) is 0.116. The summed E-state index contributed by atoms with van der Waals surface area (Å²) in [7, 11) is -2.57. The number of benzene rings is 5. The van der Waals surface area contributed by atoms with Crippen molar-refractivity contribution >= 4 is 39.4 Å². The minimum atomic E-state index is -4.08. The first kappa shape index (κ1) is 31.3. The number of ether oxygens (including phenoxy) is 2. The predicted molar refractivity (Wildman–Crippen MR) is 177 cm³/mol. The number of carbonyl (C=O) groups is 1. The molecule has 8 nitrogen and oxygen atoms in total. The molecule has 1 amide bonds. The van der Waals surface area contributed by atoms with E-state index in [1.54, 1.807) is 48.5 Å². The Morgan fingerprint density at radius 3 is 2.13 bits per heavy atom. The van der Waals surface area contributed by atoms with Gasteiger partial charge in [0, 0.05) is 5.02 Å². The largest absolute Gasteiger partial charge is 0.497 e. The van der Waals surface area contributed by atoms with E-state index in [1.165, 1.54) is 29.8 Å². The third-order valence-corrected chi connectivity index (χ3v) is 8.84. The van der Waals surface area contributed by atoms with Gasteiger partial charge in [0.2, 0.25) is 0 Å². The van der Waals surface area contributed by atoms with Gasteiger partial charge in [-0.25, -0.2) is 13.8 Å². The van der Waals surface area contributed by atoms with Crippen molar-refractivity contribution in [3.8, 4) is 11.5 Å². The molecule has 0 aromatic heterocycles. The fourth-order valence-corrected chi connectivity index (χ4v) is 6.03. The van der Waals surface area contributed by atoms with Crippen molar-refractivity contribution in [2.24, 2.45) is 5.10 Å². The number of hydrogen-bond acceptors (Lipinski definition) is 6. The highest BCUT2D eigenvalue weighted by atomic mass is 35.5. The molecule has 45 heavy (non-hydrogen) atoms. The first-order valence-electron chi connectivity index (χ1n) is 13.9. The van der Waals surface area contributed by atoms with Gasteiger partial charge in [0.05, 0.1) is 36.0 Å². The Morgan fingerprint density at radius 2 is 1.44 bits per heavy atom. The maximum atomic E-state index is 14.0. The van der Waals surface area contributed by atoms with Crippen LogP contribution in [0.2, 0.25) is 5.02 Å². The molecule has 0 unspecified atom stereocenters. The molecule has 0 spiro atoms. The second kappa shape index (κ2) is 14.6. The van der Waals surface area contributed by atoms with Crippen LogP contribution in [-0.2, 0) is 23.2 Å². The fraction of sp³-hybridized carbons (Fsp3) is 0.0857. The Balaban J connectivity index is 1.33. The topological polar surface area (TPSA) is 97.3 Å². The molecule has 0 saturated heterocycles. The van der Waals surface area contributed by atoms with Crippen LogP contribution in [-0.4, -0.2) is 27.6 Å². The van der Waals surface area contributed by atoms with Crippen molar-refractivity contribution in [1.82, 2.24) is 5.43 Å². The molecule has 0 aliphatic heterocycles. The van der Waals surface area contributed by atoms with E-state index in [0.29, 0.717) is 23.1 Å². The first-order chi connectivity index (χ1) is 21.8. The lowest BCUT2D eigenvalue weighted by Gasteiger charge is -2.26. The summed E-state index contributed by atoms with van der Waals surface area (Å²) in [6.07, 6.45) is 1.50. The van der Waals surface area contributed by atoms with E-state index in [9.17, 15) is 13.2 Å². The normalized spacial score (nSPS) is 11.2. The summed E-state index contributed by atoms with van der Waals surface area (Å²) in [5.74, 6) is 0.644. The van der Waals surface area contributed by atoms with Crippen LogP contribution in [0, 0.1) is 0 Å². The Kier molecular flexibility index (Phi) is 10.1. The number of sulfonamides is 1. The molecule has 228 valence electrons. The highest BCUT2D eigenvalue weighted by Crippen LogP contribution is 2.30. The molecule has 10 heteroatoms. The summed E-state index contributed by atoms with van der Waals surface area (Å²) in [5, 5.41) is 4.78. The molecule has 0 saturated carbocycles. The fourth-order valence-electron chi connectivity index (χ4n) is 4.43. The van der Waals surface area contributed by atoms with Crippen LogP contribution < -0.4 is 19.2 Å². The third kappa shape index (κ3) is 8.08. The molecule has 0 aliphatic rings. The van der Waals surface area contributed by atoms with Gasteiger partial charge in [0.1, 0.15) is 18.1 Å². The van der Waals surface area contributed by atoms with Crippen molar-refractivity contribution < 1.29 is 22.7 Å². The molecule has 0 heterocycles. The number of methoxy groups -OCH3 is 1. The van der Waals surface area contributed by atoms with Gasteiger partial charge in [0.25, 0.3) is 15.9 Å². The van der Waals surface area contributed by atoms with Crippen LogP contribution in [0.4, 0.5) is 5.69 Å². The van der Waals surface area contributed by atoms with E-state index in [-0.39, 0.29) is 22.7 Å². The molecular weight excluding hydrogens is 610 g/mol. The third-order valence-electron chi connectivity index (χ3n) is 6.81. The number of nitrogens with zero attached hydrogens (tertiary/aromatic N) is 2. The van der Waals surface area contributed by atoms with E-state index < -0.39 is 15.9 Å². The van der Waals surface area contributed by atoms with Crippen LogP contribution in [0.1, 0.15) is 27.0 Å². The Morgan fingerprint density at radius 1 is 0.800 bits per heavy atom. The van der Waals surface area contributed by atoms with Gasteiger partial charge in [-0.1, -0.05) is 66.2 Å². The Labute approximate surface area is 267 Å². The average molecular weight is 640 g/mol. The van der Waals surface area contributed by atoms with E-state index in [4.69, 9.17) is 21.1 Å². The van der Waals surface area contributed by atoms with Crippen LogP contribution in [0.15, 0.2) is 137 Å². The summed E-state index contributed by atoms with van der Waals surface area (Å²) < 4.78 is 40.2. The van der Waals surface area contributed by atoms with Crippen LogP contribution in [0.5, 0.6) is 11.5 Å². The van der Waals surface area contributed by atoms with Crippen LogP contribution in [0.25, 0.3) is 0 Å². The number of carbonyl (C=O) groups excluding carboxylic acids is 1. The highest BCUT2D eigenvalue weighted by molar-refractivity contribution is 7.92. The second-order valence-electron chi connectivity index (χ2n) is 9.87. The van der Waals surface area contributed by atoms with Crippen molar-refractivity contribution in [2.75, 3.05) is 11.4 Å². The maximum absolute atomic E-state index is 14.0. The van der Waals surface area contributed by atoms with Crippen molar-refractivity contribution in [3.05, 3.63) is 155 Å². The summed E-state index contributed by atoms with van der Waals surface area (Å²) in [6.45, 7) is 0.407. The van der Waals surface area contributed by atoms with Crippen LogP contribution in [0.3, 0.4) is 0 Å². The van der Waals surface area contributed by atoms with Crippen LogP contribution >= 0.6 is 11.6 Å². The van der Waals surface area contributed by atoms with Gasteiger partial charge in [0.15, 0.2) is 0 Å². The predicted octanol–water partition coefficient (Wildman–Crippen LogP) is 7.09. The zero-order valence-electron chi connectivity index (χ0n) is 24.3. The SMILES string of the molecule is COc1ccc(S(=O)(=O)N(Cc2ccccc2)c2ccccc2C(=O)N/N=C/c2ccc(OCc3ccc(Cl)cc3)cc2)cc1. The average Bonchev–Trinajstić information content (AvgIpc) is 3.08. The minimum Gasteiger partial charge on any atom is -0.497 e. The molecule has 0 bridgehead atoms. The molecule has 5 rings (SSSR count). The van der Waals surface area contributed by atoms with Crippen molar-refractivity contribution in [3.63, 3.8) is 0 Å². The zero-order valence-corrected chi connectivity index (χ0v) is 25.9. The van der Waals surface area contributed by atoms with Crippen molar-refractivity contribution in [2.45, 2.75) is 18.0 Å². The van der Waals surface area contributed by atoms with E-state index in [2.05, 4.69) is 10.5 Å². The molecule has 0 atom stereocenters. The van der Waals surface area contributed by atoms with Gasteiger partial charge in [-0.05, 0) is 89.5 Å². The number of halogens is 1. The number of rotatable bonds is 12. The number of amides is 1.